The van der Waals surface area contributed by atoms with E-state index in [4.69, 9.17) is 14.2 Å². The topological polar surface area (TPSA) is 68.8 Å². The molecule has 0 bridgehead atoms. The molecule has 1 heterocycles. The van der Waals surface area contributed by atoms with E-state index in [1.54, 1.807) is 0 Å². The summed E-state index contributed by atoms with van der Waals surface area (Å²) in [5.74, 6) is 1.45. The van der Waals surface area contributed by atoms with Crippen LogP contribution in [-0.4, -0.2) is 38.4 Å². The van der Waals surface area contributed by atoms with Crippen LogP contribution in [0, 0.1) is 0 Å². The Morgan fingerprint density at radius 1 is 1.11 bits per heavy atom. The molecule has 3 rings (SSSR count). The van der Waals surface area contributed by atoms with Crippen LogP contribution in [0.5, 0.6) is 11.5 Å². The predicted octanol–water partition coefficient (Wildman–Crippen LogP) is 3.29. The molecule has 1 aliphatic heterocycles. The van der Waals surface area contributed by atoms with Crippen molar-refractivity contribution in [2.45, 2.75) is 25.6 Å². The highest BCUT2D eigenvalue weighted by Crippen LogP contribution is 2.30. The maximum Gasteiger partial charge on any atom is 0.314 e. The maximum absolute atomic E-state index is 11.9. The van der Waals surface area contributed by atoms with Crippen molar-refractivity contribution in [2.24, 2.45) is 0 Å². The van der Waals surface area contributed by atoms with E-state index in [2.05, 4.69) is 10.6 Å². The lowest BCUT2D eigenvalue weighted by atomic mass is 10.1. The van der Waals surface area contributed by atoms with Crippen molar-refractivity contribution in [3.63, 3.8) is 0 Å². The van der Waals surface area contributed by atoms with Gasteiger partial charge in [0.15, 0.2) is 17.6 Å². The summed E-state index contributed by atoms with van der Waals surface area (Å²) in [6, 6.07) is 17.4. The summed E-state index contributed by atoms with van der Waals surface area (Å²) in [7, 11) is 0. The van der Waals surface area contributed by atoms with E-state index in [1.165, 1.54) is 0 Å². The number of hydrogen-bond acceptors (Lipinski definition) is 4. The van der Waals surface area contributed by atoms with E-state index >= 15 is 0 Å². The number of urea groups is 1. The Morgan fingerprint density at radius 3 is 2.67 bits per heavy atom. The van der Waals surface area contributed by atoms with E-state index in [0.29, 0.717) is 32.1 Å². The lowest BCUT2D eigenvalue weighted by Gasteiger charge is -2.26. The van der Waals surface area contributed by atoms with Crippen molar-refractivity contribution in [1.29, 1.82) is 0 Å². The van der Waals surface area contributed by atoms with Crippen LogP contribution < -0.4 is 20.1 Å². The molecular weight excluding hydrogens is 344 g/mol. The van der Waals surface area contributed by atoms with Crippen LogP contribution in [0.3, 0.4) is 0 Å². The fourth-order valence-corrected chi connectivity index (χ4v) is 2.79. The minimum atomic E-state index is -0.214. The lowest BCUT2D eigenvalue weighted by Crippen LogP contribution is -2.44. The normalized spacial score (nSPS) is 16.4. The highest BCUT2D eigenvalue weighted by atomic mass is 16.6. The standard InChI is InChI=1S/C21H26N2O4/c1-16(17-8-3-2-4-9-17)25-13-7-12-22-21(24)23-14-18-15-26-19-10-5-6-11-20(19)27-18/h2-6,8-11,16,18H,7,12-15H2,1H3,(H2,22,23,24)/t16-,18-/m0/s1. The molecule has 0 radical (unpaired) electrons. The van der Waals surface area contributed by atoms with Crippen molar-refractivity contribution in [2.75, 3.05) is 26.3 Å². The second kappa shape index (κ2) is 9.83. The molecule has 2 aromatic rings. The van der Waals surface area contributed by atoms with Crippen molar-refractivity contribution in [1.82, 2.24) is 10.6 Å². The van der Waals surface area contributed by atoms with Gasteiger partial charge >= 0.3 is 6.03 Å². The van der Waals surface area contributed by atoms with Gasteiger partial charge in [0.25, 0.3) is 0 Å². The molecule has 6 heteroatoms. The molecule has 0 saturated heterocycles. The van der Waals surface area contributed by atoms with Gasteiger partial charge in [0.2, 0.25) is 0 Å². The van der Waals surface area contributed by atoms with Crippen LogP contribution in [-0.2, 0) is 4.74 Å². The van der Waals surface area contributed by atoms with Gasteiger partial charge in [0.1, 0.15) is 6.61 Å². The van der Waals surface area contributed by atoms with Crippen LogP contribution in [0.25, 0.3) is 0 Å². The first-order chi connectivity index (χ1) is 13.2. The SMILES string of the molecule is C[C@H](OCCCNC(=O)NC[C@H]1COc2ccccc2O1)c1ccccc1. The van der Waals surface area contributed by atoms with Gasteiger partial charge in [-0.3, -0.25) is 0 Å². The number of carbonyl (C=O) groups is 1. The Kier molecular flexibility index (Phi) is 6.93. The molecule has 0 aliphatic carbocycles. The fourth-order valence-electron chi connectivity index (χ4n) is 2.79. The largest absolute Gasteiger partial charge is 0.486 e. The quantitative estimate of drug-likeness (QED) is 0.700. The summed E-state index contributed by atoms with van der Waals surface area (Å²) < 4.78 is 17.2. The van der Waals surface area contributed by atoms with E-state index in [0.717, 1.165) is 17.7 Å². The first-order valence-electron chi connectivity index (χ1n) is 9.29. The van der Waals surface area contributed by atoms with Crippen molar-refractivity contribution >= 4 is 6.03 Å². The summed E-state index contributed by atoms with van der Waals surface area (Å²) in [5, 5.41) is 5.64. The number of fused-ring (bicyclic) bond motifs is 1. The van der Waals surface area contributed by atoms with Gasteiger partial charge in [-0.05, 0) is 31.0 Å². The number of nitrogens with one attached hydrogen (secondary N) is 2. The third kappa shape index (κ3) is 5.89. The Bertz CT molecular complexity index is 723. The molecule has 2 aromatic carbocycles. The second-order valence-corrected chi connectivity index (χ2v) is 6.41. The number of benzene rings is 2. The van der Waals surface area contributed by atoms with Crippen molar-refractivity contribution in [3.8, 4) is 11.5 Å². The van der Waals surface area contributed by atoms with Crippen LogP contribution in [0.15, 0.2) is 54.6 Å². The summed E-state index contributed by atoms with van der Waals surface area (Å²) in [4.78, 5) is 11.9. The van der Waals surface area contributed by atoms with Gasteiger partial charge in [-0.1, -0.05) is 42.5 Å². The fraction of sp³-hybridized carbons (Fsp3) is 0.381. The second-order valence-electron chi connectivity index (χ2n) is 6.41. The van der Waals surface area contributed by atoms with Crippen LogP contribution in [0.4, 0.5) is 4.79 Å². The molecule has 6 nitrogen and oxygen atoms in total. The first-order valence-corrected chi connectivity index (χ1v) is 9.29. The molecule has 27 heavy (non-hydrogen) atoms. The van der Waals surface area contributed by atoms with Gasteiger partial charge in [0.05, 0.1) is 12.6 Å². The maximum atomic E-state index is 11.9. The van der Waals surface area contributed by atoms with E-state index < -0.39 is 0 Å². The molecule has 2 amide bonds. The van der Waals surface area contributed by atoms with Crippen LogP contribution in [0.2, 0.25) is 0 Å². The average Bonchev–Trinajstić information content (AvgIpc) is 2.72. The van der Waals surface area contributed by atoms with Crippen LogP contribution in [0.1, 0.15) is 25.0 Å². The molecule has 2 N–H and O–H groups in total. The number of amides is 2. The first kappa shape index (κ1) is 19.0. The Labute approximate surface area is 159 Å². The van der Waals surface area contributed by atoms with Gasteiger partial charge in [-0.25, -0.2) is 4.79 Å². The lowest BCUT2D eigenvalue weighted by molar-refractivity contribution is 0.0643. The van der Waals surface area contributed by atoms with Gasteiger partial charge in [-0.15, -0.1) is 0 Å². The van der Waals surface area contributed by atoms with Crippen LogP contribution >= 0.6 is 0 Å². The molecule has 0 fully saturated rings. The van der Waals surface area contributed by atoms with E-state index in [-0.39, 0.29) is 18.2 Å². The molecule has 0 unspecified atom stereocenters. The number of ether oxygens (including phenoxy) is 3. The zero-order chi connectivity index (χ0) is 18.9. The Hall–Kier alpha value is -2.73. The third-order valence-electron chi connectivity index (χ3n) is 4.30. The van der Waals surface area contributed by atoms with Gasteiger partial charge in [-0.2, -0.15) is 0 Å². The summed E-state index contributed by atoms with van der Waals surface area (Å²) in [6.07, 6.45) is 0.605. The summed E-state index contributed by atoms with van der Waals surface area (Å²) >= 11 is 0. The minimum Gasteiger partial charge on any atom is -0.486 e. The smallest absolute Gasteiger partial charge is 0.314 e. The molecule has 0 spiro atoms. The van der Waals surface area contributed by atoms with Crippen molar-refractivity contribution in [3.05, 3.63) is 60.2 Å². The molecule has 0 aromatic heterocycles. The number of para-hydroxylation sites is 2. The van der Waals surface area contributed by atoms with Gasteiger partial charge in [0, 0.05) is 13.2 Å². The Morgan fingerprint density at radius 2 is 1.85 bits per heavy atom. The third-order valence-corrected chi connectivity index (χ3v) is 4.30. The molecule has 1 aliphatic rings. The highest BCUT2D eigenvalue weighted by molar-refractivity contribution is 5.73. The molecular formula is C21H26N2O4. The number of rotatable bonds is 8. The van der Waals surface area contributed by atoms with E-state index in [1.807, 2.05) is 61.5 Å². The zero-order valence-electron chi connectivity index (χ0n) is 15.5. The van der Waals surface area contributed by atoms with Gasteiger partial charge < -0.3 is 24.8 Å². The van der Waals surface area contributed by atoms with E-state index in [9.17, 15) is 4.79 Å². The molecule has 144 valence electrons. The molecule has 0 saturated carbocycles. The van der Waals surface area contributed by atoms with Crippen molar-refractivity contribution < 1.29 is 19.0 Å². The Balaban J connectivity index is 1.26. The monoisotopic (exact) mass is 370 g/mol. The minimum absolute atomic E-state index is 0.0476. The summed E-state index contributed by atoms with van der Waals surface area (Å²) in [6.45, 7) is 3.98. The molecule has 2 atom stereocenters. The zero-order valence-corrected chi connectivity index (χ0v) is 15.5. The number of carbonyl (C=O) groups excluding carboxylic acids is 1. The highest BCUT2D eigenvalue weighted by Gasteiger charge is 2.20. The predicted molar refractivity (Wildman–Crippen MR) is 103 cm³/mol. The average molecular weight is 370 g/mol. The summed E-state index contributed by atoms with van der Waals surface area (Å²) in [5.41, 5.74) is 1.15. The number of hydrogen-bond donors (Lipinski definition) is 2.